The van der Waals surface area contributed by atoms with Gasteiger partial charge in [-0.3, -0.25) is 9.78 Å². The van der Waals surface area contributed by atoms with Crippen molar-refractivity contribution < 1.29 is 18.3 Å². The molecule has 1 amide bonds. The van der Waals surface area contributed by atoms with Gasteiger partial charge in [-0.25, -0.2) is 13.8 Å². The predicted molar refractivity (Wildman–Crippen MR) is 118 cm³/mol. The van der Waals surface area contributed by atoms with Crippen LogP contribution < -0.4 is 15.0 Å². The first-order valence-corrected chi connectivity index (χ1v) is 10.2. The second-order valence-electron chi connectivity index (χ2n) is 7.51. The number of benzene rings is 2. The van der Waals surface area contributed by atoms with Crippen LogP contribution in [-0.4, -0.2) is 61.1 Å². The van der Waals surface area contributed by atoms with Crippen molar-refractivity contribution in [2.45, 2.75) is 0 Å². The van der Waals surface area contributed by atoms with Crippen LogP contribution in [0.4, 0.5) is 20.2 Å². The van der Waals surface area contributed by atoms with Gasteiger partial charge in [-0.1, -0.05) is 6.07 Å². The molecule has 0 unspecified atom stereocenters. The normalized spacial score (nSPS) is 14.3. The van der Waals surface area contributed by atoms with E-state index in [2.05, 4.69) is 25.1 Å². The second kappa shape index (κ2) is 9.27. The number of piperazine rings is 1. The first-order valence-electron chi connectivity index (χ1n) is 10.2. The fraction of sp³-hybridized carbons (Fsp3) is 0.261. The Kier molecular flexibility index (Phi) is 6.27. The van der Waals surface area contributed by atoms with Crippen LogP contribution in [0.3, 0.4) is 0 Å². The van der Waals surface area contributed by atoms with Crippen molar-refractivity contribution in [1.82, 2.24) is 14.9 Å². The molecule has 166 valence electrons. The van der Waals surface area contributed by atoms with Crippen LogP contribution in [-0.2, 0) is 0 Å². The first kappa shape index (κ1) is 21.6. The van der Waals surface area contributed by atoms with Crippen LogP contribution in [0.2, 0.25) is 0 Å². The molecule has 1 aliphatic heterocycles. The third-order valence-electron chi connectivity index (χ3n) is 5.37. The number of halogens is 2. The van der Waals surface area contributed by atoms with E-state index in [0.29, 0.717) is 5.69 Å². The number of carbonyl (C=O) groups excluding carboxylic acids is 1. The number of rotatable bonds is 5. The van der Waals surface area contributed by atoms with E-state index in [0.717, 1.165) is 31.9 Å². The minimum Gasteiger partial charge on any atom is -0.496 e. The summed E-state index contributed by atoms with van der Waals surface area (Å²) in [6.07, 6.45) is 2.64. The van der Waals surface area contributed by atoms with Gasteiger partial charge in [0.1, 0.15) is 23.1 Å². The lowest BCUT2D eigenvalue weighted by Gasteiger charge is -2.35. The lowest BCUT2D eigenvalue weighted by molar-refractivity contribution is 0.102. The van der Waals surface area contributed by atoms with Crippen LogP contribution in [0.15, 0.2) is 48.8 Å². The Balaban J connectivity index is 1.62. The average Bonchev–Trinajstić information content (AvgIpc) is 2.80. The summed E-state index contributed by atoms with van der Waals surface area (Å²) in [5.74, 6) is -1.30. The van der Waals surface area contributed by atoms with Crippen molar-refractivity contribution in [2.75, 3.05) is 50.6 Å². The van der Waals surface area contributed by atoms with E-state index in [1.54, 1.807) is 12.1 Å². The molecule has 0 saturated carbocycles. The lowest BCUT2D eigenvalue weighted by Crippen LogP contribution is -2.44. The van der Waals surface area contributed by atoms with Gasteiger partial charge in [-0.2, -0.15) is 0 Å². The summed E-state index contributed by atoms with van der Waals surface area (Å²) in [5, 5.41) is 2.74. The fourth-order valence-corrected chi connectivity index (χ4v) is 3.64. The molecule has 0 radical (unpaired) electrons. The Morgan fingerprint density at radius 3 is 2.62 bits per heavy atom. The quantitative estimate of drug-likeness (QED) is 0.657. The number of hydrogen-bond donors (Lipinski definition) is 1. The molecule has 0 atom stereocenters. The summed E-state index contributed by atoms with van der Waals surface area (Å²) < 4.78 is 33.6. The largest absolute Gasteiger partial charge is 0.496 e. The number of carbonyl (C=O) groups is 1. The van der Waals surface area contributed by atoms with Crippen molar-refractivity contribution in [1.29, 1.82) is 0 Å². The molecular weight excluding hydrogens is 416 g/mol. The third kappa shape index (κ3) is 4.52. The standard InChI is InChI=1S/C23H23F2N5O2/c1-29-8-10-30(11-9-29)20-7-6-15(24)12-17(20)28-23(31)19-14-26-13-18(27-19)22-16(25)4-3-5-21(22)32-2/h3-7,12-14H,8-11H2,1-2H3,(H,28,31). The fourth-order valence-electron chi connectivity index (χ4n) is 3.64. The zero-order valence-electron chi connectivity index (χ0n) is 17.8. The molecule has 1 aromatic heterocycles. The number of nitrogens with one attached hydrogen (secondary N) is 1. The molecule has 4 rings (SSSR count). The summed E-state index contributed by atoms with van der Waals surface area (Å²) in [4.78, 5) is 25.6. The average molecular weight is 439 g/mol. The topological polar surface area (TPSA) is 70.6 Å². The van der Waals surface area contributed by atoms with Gasteiger partial charge in [-0.05, 0) is 37.4 Å². The summed E-state index contributed by atoms with van der Waals surface area (Å²) >= 11 is 0. The monoisotopic (exact) mass is 439 g/mol. The van der Waals surface area contributed by atoms with Crippen molar-refractivity contribution in [3.63, 3.8) is 0 Å². The van der Waals surface area contributed by atoms with Gasteiger partial charge in [0.15, 0.2) is 0 Å². The van der Waals surface area contributed by atoms with Gasteiger partial charge in [0, 0.05) is 26.2 Å². The van der Waals surface area contributed by atoms with E-state index in [9.17, 15) is 13.6 Å². The summed E-state index contributed by atoms with van der Waals surface area (Å²) in [7, 11) is 3.47. The first-order chi connectivity index (χ1) is 15.5. The number of anilines is 2. The van der Waals surface area contributed by atoms with Crippen molar-refractivity contribution in [3.8, 4) is 17.0 Å². The van der Waals surface area contributed by atoms with Gasteiger partial charge >= 0.3 is 0 Å². The molecule has 32 heavy (non-hydrogen) atoms. The summed E-state index contributed by atoms with van der Waals surface area (Å²) in [6, 6.07) is 8.70. The number of methoxy groups -OCH3 is 1. The molecule has 2 aromatic carbocycles. The number of likely N-dealkylation sites (N-methyl/N-ethyl adjacent to an activating group) is 1. The molecule has 0 aliphatic carbocycles. The van der Waals surface area contributed by atoms with Gasteiger partial charge in [0.05, 0.1) is 42.1 Å². The SMILES string of the molecule is COc1cccc(F)c1-c1cncc(C(=O)Nc2cc(F)ccc2N2CCN(C)CC2)n1. The number of ether oxygens (including phenoxy) is 1. The lowest BCUT2D eigenvalue weighted by atomic mass is 10.1. The second-order valence-corrected chi connectivity index (χ2v) is 7.51. The molecule has 0 bridgehead atoms. The molecule has 9 heteroatoms. The minimum atomic E-state index is -0.573. The molecule has 3 aromatic rings. The zero-order chi connectivity index (χ0) is 22.7. The van der Waals surface area contributed by atoms with E-state index in [1.165, 1.54) is 43.8 Å². The molecule has 1 fully saturated rings. The smallest absolute Gasteiger partial charge is 0.275 e. The van der Waals surface area contributed by atoms with Crippen LogP contribution in [0.25, 0.3) is 11.3 Å². The van der Waals surface area contributed by atoms with Crippen LogP contribution >= 0.6 is 0 Å². The van der Waals surface area contributed by atoms with Crippen LogP contribution in [0.1, 0.15) is 10.5 Å². The molecule has 1 saturated heterocycles. The molecule has 0 spiro atoms. The number of hydrogen-bond acceptors (Lipinski definition) is 6. The Morgan fingerprint density at radius 2 is 1.88 bits per heavy atom. The highest BCUT2D eigenvalue weighted by atomic mass is 19.1. The van der Waals surface area contributed by atoms with E-state index in [-0.39, 0.29) is 22.7 Å². The highest BCUT2D eigenvalue weighted by Gasteiger charge is 2.20. The Hall–Kier alpha value is -3.59. The number of amides is 1. The highest BCUT2D eigenvalue weighted by Crippen LogP contribution is 2.31. The van der Waals surface area contributed by atoms with E-state index >= 15 is 0 Å². The summed E-state index contributed by atoms with van der Waals surface area (Å²) in [5.41, 5.74) is 1.32. The van der Waals surface area contributed by atoms with Crippen LogP contribution in [0.5, 0.6) is 5.75 Å². The van der Waals surface area contributed by atoms with Gasteiger partial charge in [0.2, 0.25) is 0 Å². The maximum atomic E-state index is 14.4. The predicted octanol–water partition coefficient (Wildman–Crippen LogP) is 3.43. The van der Waals surface area contributed by atoms with Crippen LogP contribution in [0, 0.1) is 11.6 Å². The third-order valence-corrected chi connectivity index (χ3v) is 5.37. The highest BCUT2D eigenvalue weighted by molar-refractivity contribution is 6.04. The van der Waals surface area contributed by atoms with E-state index in [4.69, 9.17) is 4.74 Å². The van der Waals surface area contributed by atoms with Gasteiger partial charge in [-0.15, -0.1) is 0 Å². The van der Waals surface area contributed by atoms with Gasteiger partial charge in [0.25, 0.3) is 5.91 Å². The minimum absolute atomic E-state index is 0.0265. The molecule has 1 N–H and O–H groups in total. The molecular formula is C23H23F2N5O2. The van der Waals surface area contributed by atoms with Crippen molar-refractivity contribution >= 4 is 17.3 Å². The molecule has 7 nitrogen and oxygen atoms in total. The molecule has 2 heterocycles. The molecule has 1 aliphatic rings. The summed E-state index contributed by atoms with van der Waals surface area (Å²) in [6.45, 7) is 3.24. The van der Waals surface area contributed by atoms with E-state index in [1.807, 2.05) is 7.05 Å². The number of aromatic nitrogens is 2. The van der Waals surface area contributed by atoms with Gasteiger partial charge < -0.3 is 19.9 Å². The number of nitrogens with zero attached hydrogens (tertiary/aromatic N) is 4. The maximum Gasteiger partial charge on any atom is 0.275 e. The van der Waals surface area contributed by atoms with Crippen molar-refractivity contribution in [3.05, 3.63) is 66.1 Å². The van der Waals surface area contributed by atoms with Crippen molar-refractivity contribution in [2.24, 2.45) is 0 Å². The Bertz CT molecular complexity index is 1130. The van der Waals surface area contributed by atoms with E-state index < -0.39 is 17.5 Å². The Morgan fingerprint density at radius 1 is 1.09 bits per heavy atom. The Labute approximate surface area is 184 Å². The maximum absolute atomic E-state index is 14.4. The zero-order valence-corrected chi connectivity index (χ0v) is 17.8.